The number of nitriles is 1. The highest BCUT2D eigenvalue weighted by Crippen LogP contribution is 2.36. The lowest BCUT2D eigenvalue weighted by Gasteiger charge is -2.32. The molecule has 2 rings (SSSR count). The fraction of sp³-hybridized carbons (Fsp3) is 0.600. The Balaban J connectivity index is 2.38. The van der Waals surface area contributed by atoms with Crippen molar-refractivity contribution in [2.45, 2.75) is 58.7 Å². The largest absolute Gasteiger partial charge is 0.497 e. The van der Waals surface area contributed by atoms with E-state index in [2.05, 4.69) is 24.9 Å². The van der Waals surface area contributed by atoms with Crippen molar-refractivity contribution in [3.05, 3.63) is 23.5 Å². The molecule has 0 amide bonds. The molecule has 4 nitrogen and oxygen atoms in total. The Labute approximate surface area is 121 Å². The minimum Gasteiger partial charge on any atom is -0.399 e. The first kappa shape index (κ1) is 15.0. The maximum Gasteiger partial charge on any atom is 0.497 e. The summed E-state index contributed by atoms with van der Waals surface area (Å²) in [6.07, 6.45) is 1.70. The Morgan fingerprint density at radius 2 is 1.75 bits per heavy atom. The quantitative estimate of drug-likeness (QED) is 0.775. The minimum absolute atomic E-state index is 0.287. The van der Waals surface area contributed by atoms with Gasteiger partial charge in [0.15, 0.2) is 0 Å². The molecule has 2 heterocycles. The smallest absolute Gasteiger partial charge is 0.399 e. The van der Waals surface area contributed by atoms with Crippen LogP contribution in [0.5, 0.6) is 0 Å². The molecule has 20 heavy (non-hydrogen) atoms. The van der Waals surface area contributed by atoms with Crippen molar-refractivity contribution in [1.29, 1.82) is 5.26 Å². The molecule has 0 aromatic carbocycles. The second-order valence-electron chi connectivity index (χ2n) is 6.55. The number of rotatable bonds is 2. The van der Waals surface area contributed by atoms with Crippen molar-refractivity contribution in [3.63, 3.8) is 0 Å². The summed E-state index contributed by atoms with van der Waals surface area (Å²) in [5.41, 5.74) is 1.35. The van der Waals surface area contributed by atoms with E-state index in [1.165, 1.54) is 0 Å². The topological polar surface area (TPSA) is 55.1 Å². The van der Waals surface area contributed by atoms with E-state index in [9.17, 15) is 5.26 Å². The number of aromatic nitrogens is 1. The summed E-state index contributed by atoms with van der Waals surface area (Å²) < 4.78 is 12.0. The van der Waals surface area contributed by atoms with Gasteiger partial charge in [-0.1, -0.05) is 13.8 Å². The fourth-order valence-electron chi connectivity index (χ4n) is 2.05. The number of nitrogens with zero attached hydrogens (tertiary/aromatic N) is 2. The van der Waals surface area contributed by atoms with Crippen LogP contribution in [0.15, 0.2) is 12.3 Å². The zero-order valence-electron chi connectivity index (χ0n) is 13.0. The van der Waals surface area contributed by atoms with Gasteiger partial charge < -0.3 is 9.31 Å². The van der Waals surface area contributed by atoms with E-state index in [0.29, 0.717) is 11.0 Å². The first-order valence-electron chi connectivity index (χ1n) is 6.93. The predicted octanol–water partition coefficient (Wildman–Crippen LogP) is 2.38. The zero-order valence-corrected chi connectivity index (χ0v) is 13.0. The van der Waals surface area contributed by atoms with Gasteiger partial charge in [-0.15, -0.1) is 0 Å². The molecule has 1 fully saturated rings. The maximum atomic E-state index is 9.36. The van der Waals surface area contributed by atoms with Crippen LogP contribution < -0.4 is 5.46 Å². The van der Waals surface area contributed by atoms with E-state index in [1.807, 2.05) is 33.8 Å². The van der Waals surface area contributed by atoms with Gasteiger partial charge in [-0.2, -0.15) is 5.26 Å². The van der Waals surface area contributed by atoms with Gasteiger partial charge in [0.2, 0.25) is 0 Å². The monoisotopic (exact) mass is 272 g/mol. The highest BCUT2D eigenvalue weighted by Gasteiger charge is 2.52. The number of hydrogen-bond acceptors (Lipinski definition) is 4. The molecule has 0 aliphatic carbocycles. The molecule has 1 saturated heterocycles. The van der Waals surface area contributed by atoms with Gasteiger partial charge in [-0.05, 0) is 39.7 Å². The third-order valence-electron chi connectivity index (χ3n) is 4.18. The van der Waals surface area contributed by atoms with E-state index in [1.54, 1.807) is 6.20 Å². The summed E-state index contributed by atoms with van der Waals surface area (Å²) in [6.45, 7) is 12.1. The number of hydrogen-bond donors (Lipinski definition) is 0. The summed E-state index contributed by atoms with van der Waals surface area (Å²) >= 11 is 0. The molecule has 0 atom stereocenters. The van der Waals surface area contributed by atoms with Crippen molar-refractivity contribution >= 4 is 12.6 Å². The van der Waals surface area contributed by atoms with Gasteiger partial charge in [0, 0.05) is 17.4 Å². The summed E-state index contributed by atoms with van der Waals surface area (Å²) in [5, 5.41) is 9.36. The van der Waals surface area contributed by atoms with Crippen molar-refractivity contribution in [1.82, 2.24) is 4.98 Å². The highest BCUT2D eigenvalue weighted by molar-refractivity contribution is 6.62. The van der Waals surface area contributed by atoms with Crippen LogP contribution in [0.3, 0.4) is 0 Å². The van der Waals surface area contributed by atoms with Gasteiger partial charge in [-0.25, -0.2) is 0 Å². The molecular formula is C15H21BN2O2. The van der Waals surface area contributed by atoms with Gasteiger partial charge in [-0.3, -0.25) is 4.98 Å². The molecule has 0 bridgehead atoms. The van der Waals surface area contributed by atoms with E-state index >= 15 is 0 Å². The molecule has 1 aromatic rings. The Hall–Kier alpha value is -1.38. The van der Waals surface area contributed by atoms with Crippen LogP contribution in [0.25, 0.3) is 0 Å². The Morgan fingerprint density at radius 3 is 2.20 bits per heavy atom. The fourth-order valence-corrected chi connectivity index (χ4v) is 2.05. The summed E-state index contributed by atoms with van der Waals surface area (Å²) in [4.78, 5) is 4.42. The van der Waals surface area contributed by atoms with Crippen LogP contribution in [-0.2, 0) is 9.31 Å². The second kappa shape index (κ2) is 4.87. The molecule has 1 aromatic heterocycles. The molecule has 0 unspecified atom stereocenters. The average molecular weight is 272 g/mol. The Morgan fingerprint density at radius 1 is 1.20 bits per heavy atom. The second-order valence-corrected chi connectivity index (χ2v) is 6.55. The lowest BCUT2D eigenvalue weighted by molar-refractivity contribution is 0.00578. The van der Waals surface area contributed by atoms with Crippen LogP contribution >= 0.6 is 0 Å². The van der Waals surface area contributed by atoms with Crippen molar-refractivity contribution in [2.75, 3.05) is 0 Å². The van der Waals surface area contributed by atoms with Crippen molar-refractivity contribution in [2.24, 2.45) is 0 Å². The van der Waals surface area contributed by atoms with Crippen LogP contribution in [0.1, 0.15) is 58.7 Å². The van der Waals surface area contributed by atoms with Gasteiger partial charge in [0.1, 0.15) is 0 Å². The van der Waals surface area contributed by atoms with Gasteiger partial charge in [0.25, 0.3) is 0 Å². The first-order chi connectivity index (χ1) is 9.18. The summed E-state index contributed by atoms with van der Waals surface area (Å²) in [5.74, 6) is 0.287. The van der Waals surface area contributed by atoms with Crippen molar-refractivity contribution < 1.29 is 9.31 Å². The van der Waals surface area contributed by atoms with Crippen LogP contribution in [0, 0.1) is 11.3 Å². The third-order valence-corrected chi connectivity index (χ3v) is 4.18. The minimum atomic E-state index is -0.539. The van der Waals surface area contributed by atoms with Crippen LogP contribution in [-0.4, -0.2) is 23.3 Å². The van der Waals surface area contributed by atoms with Gasteiger partial charge in [0.05, 0.1) is 22.8 Å². The first-order valence-corrected chi connectivity index (χ1v) is 6.93. The Kier molecular flexibility index (Phi) is 3.66. The van der Waals surface area contributed by atoms with E-state index in [0.717, 1.165) is 5.69 Å². The molecule has 0 N–H and O–H groups in total. The standard InChI is InChI=1S/C15H21BN2O2/c1-10(2)13-7-11(8-17)12(9-18-13)16-19-14(3,4)15(5,6)20-16/h7,9-10H,1-6H3. The molecule has 1 aliphatic rings. The van der Waals surface area contributed by atoms with Crippen molar-refractivity contribution in [3.8, 4) is 6.07 Å². The molecule has 106 valence electrons. The van der Waals surface area contributed by atoms with Crippen LogP contribution in [0.4, 0.5) is 0 Å². The Bertz CT molecular complexity index is 545. The van der Waals surface area contributed by atoms with Crippen LogP contribution in [0.2, 0.25) is 0 Å². The normalized spacial score (nSPS) is 20.2. The zero-order chi connectivity index (χ0) is 15.1. The average Bonchev–Trinajstić information content (AvgIpc) is 2.57. The SMILES string of the molecule is CC(C)c1cc(C#N)c(B2OC(C)(C)C(C)(C)O2)cn1. The van der Waals surface area contributed by atoms with E-state index in [4.69, 9.17) is 9.31 Å². The lowest BCUT2D eigenvalue weighted by Crippen LogP contribution is -2.41. The molecule has 5 heteroatoms. The molecule has 0 saturated carbocycles. The molecule has 0 radical (unpaired) electrons. The molecule has 0 spiro atoms. The number of pyridine rings is 1. The lowest BCUT2D eigenvalue weighted by atomic mass is 9.77. The third kappa shape index (κ3) is 2.46. The maximum absolute atomic E-state index is 9.36. The van der Waals surface area contributed by atoms with E-state index in [-0.39, 0.29) is 5.92 Å². The van der Waals surface area contributed by atoms with Gasteiger partial charge >= 0.3 is 7.12 Å². The predicted molar refractivity (Wildman–Crippen MR) is 78.8 cm³/mol. The highest BCUT2D eigenvalue weighted by atomic mass is 16.7. The van der Waals surface area contributed by atoms with E-state index < -0.39 is 18.3 Å². The molecular weight excluding hydrogens is 251 g/mol. The molecule has 1 aliphatic heterocycles. The summed E-state index contributed by atoms with van der Waals surface area (Å²) in [6, 6.07) is 4.05. The summed E-state index contributed by atoms with van der Waals surface area (Å²) in [7, 11) is -0.539.